The van der Waals surface area contributed by atoms with E-state index in [9.17, 15) is 14.4 Å². The molecule has 3 rings (SSSR count). The average molecular weight is 393 g/mol. The zero-order valence-electron chi connectivity index (χ0n) is 14.9. The molecule has 0 aliphatic carbocycles. The van der Waals surface area contributed by atoms with Gasteiger partial charge in [-0.25, -0.2) is 4.99 Å². The van der Waals surface area contributed by atoms with E-state index in [1.165, 1.54) is 0 Å². The Morgan fingerprint density at radius 3 is 2.56 bits per heavy atom. The Morgan fingerprint density at radius 2 is 1.96 bits per heavy atom. The number of rotatable bonds is 4. The lowest BCUT2D eigenvalue weighted by Crippen LogP contribution is -2.57. The fraction of sp³-hybridized carbons (Fsp3) is 0.444. The molecule has 2 aliphatic rings. The molecule has 9 heteroatoms. The number of guanidine groups is 1. The van der Waals surface area contributed by atoms with E-state index in [2.05, 4.69) is 10.3 Å². The number of ether oxygens (including phenoxy) is 1. The molecule has 0 saturated carbocycles. The number of halogens is 1. The van der Waals surface area contributed by atoms with E-state index in [0.29, 0.717) is 42.7 Å². The first-order valence-electron chi connectivity index (χ1n) is 8.78. The number of hydrogen-bond acceptors (Lipinski definition) is 6. The molecule has 1 N–H and O–H groups in total. The lowest BCUT2D eigenvalue weighted by atomic mass is 9.91. The molecule has 27 heavy (non-hydrogen) atoms. The van der Waals surface area contributed by atoms with E-state index in [1.807, 2.05) is 4.90 Å². The average Bonchev–Trinajstić information content (AvgIpc) is 2.68. The van der Waals surface area contributed by atoms with Gasteiger partial charge in [0.25, 0.3) is 0 Å². The highest BCUT2D eigenvalue weighted by atomic mass is 35.5. The highest BCUT2D eigenvalue weighted by molar-refractivity contribution is 6.30. The summed E-state index contributed by atoms with van der Waals surface area (Å²) < 4.78 is 5.08. The minimum absolute atomic E-state index is 0.181. The number of carbonyl (C=O) groups is 3. The second-order valence-electron chi connectivity index (χ2n) is 6.30. The Morgan fingerprint density at radius 1 is 1.30 bits per heavy atom. The predicted molar refractivity (Wildman–Crippen MR) is 99.1 cm³/mol. The van der Waals surface area contributed by atoms with Crippen LogP contribution >= 0.6 is 11.6 Å². The molecule has 2 heterocycles. The summed E-state index contributed by atoms with van der Waals surface area (Å²) in [6, 6.07) is 6.20. The minimum atomic E-state index is -1.06. The van der Waals surface area contributed by atoms with Gasteiger partial charge in [-0.15, -0.1) is 0 Å². The van der Waals surface area contributed by atoms with Crippen LogP contribution in [0.3, 0.4) is 0 Å². The second kappa shape index (κ2) is 8.39. The monoisotopic (exact) mass is 392 g/mol. The summed E-state index contributed by atoms with van der Waals surface area (Å²) >= 11 is 5.96. The molecule has 1 saturated heterocycles. The number of piperazine rings is 1. The van der Waals surface area contributed by atoms with Crippen molar-refractivity contribution in [2.45, 2.75) is 13.0 Å². The Balaban J connectivity index is 1.91. The van der Waals surface area contributed by atoms with Gasteiger partial charge in [0, 0.05) is 31.2 Å². The number of nitrogens with one attached hydrogen (secondary N) is 1. The fourth-order valence-electron chi connectivity index (χ4n) is 3.16. The summed E-state index contributed by atoms with van der Waals surface area (Å²) in [5, 5.41) is 3.28. The van der Waals surface area contributed by atoms with Crippen LogP contribution in [-0.4, -0.2) is 66.8 Å². The molecule has 144 valence electrons. The maximum absolute atomic E-state index is 12.7. The SMILES string of the molecule is CCOC(=O)[C@H]1C(=O)NC(N2CCN(C=O)CC2)=N[C@H]1c1ccc(Cl)cc1. The molecule has 0 bridgehead atoms. The van der Waals surface area contributed by atoms with Crippen LogP contribution in [0.25, 0.3) is 0 Å². The van der Waals surface area contributed by atoms with Crippen LogP contribution in [0.4, 0.5) is 0 Å². The lowest BCUT2D eigenvalue weighted by Gasteiger charge is -2.37. The van der Waals surface area contributed by atoms with Gasteiger partial charge in [-0.1, -0.05) is 23.7 Å². The molecule has 0 spiro atoms. The number of amides is 2. The van der Waals surface area contributed by atoms with Crippen LogP contribution in [0.1, 0.15) is 18.5 Å². The number of esters is 1. The van der Waals surface area contributed by atoms with E-state index in [0.717, 1.165) is 6.41 Å². The standard InChI is InChI=1S/C18H21ClN4O4/c1-2-27-17(26)14-15(12-3-5-13(19)6-4-12)20-18(21-16(14)25)23-9-7-22(11-24)8-10-23/h3-6,11,14-15H,2,7-10H2,1H3,(H,20,21,25)/t14-,15+/m1/s1. The molecule has 1 aromatic rings. The van der Waals surface area contributed by atoms with Crippen molar-refractivity contribution in [3.8, 4) is 0 Å². The highest BCUT2D eigenvalue weighted by Crippen LogP contribution is 2.31. The number of nitrogens with zero attached hydrogens (tertiary/aromatic N) is 3. The second-order valence-corrected chi connectivity index (χ2v) is 6.73. The Kier molecular flexibility index (Phi) is 5.95. The molecule has 1 fully saturated rings. The van der Waals surface area contributed by atoms with Crippen molar-refractivity contribution in [3.63, 3.8) is 0 Å². The molecule has 2 atom stereocenters. The Bertz CT molecular complexity index is 744. The summed E-state index contributed by atoms with van der Waals surface area (Å²) in [5.74, 6) is -1.71. The molecule has 8 nitrogen and oxygen atoms in total. The van der Waals surface area contributed by atoms with Gasteiger partial charge >= 0.3 is 5.97 Å². The Hall–Kier alpha value is -2.61. The zero-order valence-corrected chi connectivity index (χ0v) is 15.7. The van der Waals surface area contributed by atoms with Crippen molar-refractivity contribution in [3.05, 3.63) is 34.9 Å². The number of aliphatic imine (C=N–C) groups is 1. The minimum Gasteiger partial charge on any atom is -0.465 e. The van der Waals surface area contributed by atoms with Gasteiger partial charge in [-0.05, 0) is 24.6 Å². The topological polar surface area (TPSA) is 91.3 Å². The maximum Gasteiger partial charge on any atom is 0.321 e. The zero-order chi connectivity index (χ0) is 19.4. The van der Waals surface area contributed by atoms with Gasteiger partial charge in [0.15, 0.2) is 5.92 Å². The van der Waals surface area contributed by atoms with Crippen LogP contribution in [0.5, 0.6) is 0 Å². The van der Waals surface area contributed by atoms with Crippen molar-refractivity contribution in [2.24, 2.45) is 10.9 Å². The first-order valence-corrected chi connectivity index (χ1v) is 9.16. The number of hydrogen-bond donors (Lipinski definition) is 1. The first kappa shape index (κ1) is 19.2. The third-order valence-electron chi connectivity index (χ3n) is 4.61. The van der Waals surface area contributed by atoms with Crippen LogP contribution in [0, 0.1) is 5.92 Å². The first-order chi connectivity index (χ1) is 13.0. The van der Waals surface area contributed by atoms with Crippen molar-refractivity contribution < 1.29 is 19.1 Å². The van der Waals surface area contributed by atoms with E-state index in [4.69, 9.17) is 16.3 Å². The third kappa shape index (κ3) is 4.21. The lowest BCUT2D eigenvalue weighted by molar-refractivity contribution is -0.153. The summed E-state index contributed by atoms with van der Waals surface area (Å²) in [6.07, 6.45) is 0.811. The summed E-state index contributed by atoms with van der Waals surface area (Å²) in [5.41, 5.74) is 0.705. The third-order valence-corrected chi connectivity index (χ3v) is 4.86. The summed E-state index contributed by atoms with van der Waals surface area (Å²) in [4.78, 5) is 44.2. The van der Waals surface area contributed by atoms with E-state index in [1.54, 1.807) is 36.1 Å². The smallest absolute Gasteiger partial charge is 0.321 e. The fourth-order valence-corrected chi connectivity index (χ4v) is 3.29. The normalized spacial score (nSPS) is 22.7. The van der Waals surface area contributed by atoms with Crippen LogP contribution in [0.2, 0.25) is 5.02 Å². The number of benzene rings is 1. The van der Waals surface area contributed by atoms with Crippen LogP contribution < -0.4 is 5.32 Å². The molecular weight excluding hydrogens is 372 g/mol. The molecule has 0 aromatic heterocycles. The van der Waals surface area contributed by atoms with Gasteiger partial charge in [-0.3, -0.25) is 19.7 Å². The number of carbonyl (C=O) groups excluding carboxylic acids is 3. The van der Waals surface area contributed by atoms with Gasteiger partial charge < -0.3 is 14.5 Å². The van der Waals surface area contributed by atoms with Crippen molar-refractivity contribution in [2.75, 3.05) is 32.8 Å². The quantitative estimate of drug-likeness (QED) is 0.465. The van der Waals surface area contributed by atoms with E-state index in [-0.39, 0.29) is 6.61 Å². The predicted octanol–water partition coefficient (Wildman–Crippen LogP) is 0.820. The maximum atomic E-state index is 12.7. The molecular formula is C18H21ClN4O4. The van der Waals surface area contributed by atoms with Gasteiger partial charge in [-0.2, -0.15) is 0 Å². The van der Waals surface area contributed by atoms with Crippen molar-refractivity contribution in [1.29, 1.82) is 0 Å². The highest BCUT2D eigenvalue weighted by Gasteiger charge is 2.42. The van der Waals surface area contributed by atoms with Gasteiger partial charge in [0.1, 0.15) is 6.04 Å². The van der Waals surface area contributed by atoms with Gasteiger partial charge in [0.05, 0.1) is 6.61 Å². The van der Waals surface area contributed by atoms with Crippen molar-refractivity contribution >= 4 is 35.8 Å². The molecule has 0 radical (unpaired) electrons. The molecule has 2 aliphatic heterocycles. The molecule has 1 aromatic carbocycles. The van der Waals surface area contributed by atoms with Crippen LogP contribution in [0.15, 0.2) is 29.3 Å². The largest absolute Gasteiger partial charge is 0.465 e. The molecule has 2 amide bonds. The van der Waals surface area contributed by atoms with E-state index >= 15 is 0 Å². The molecule has 0 unspecified atom stereocenters. The Labute approximate surface area is 162 Å². The van der Waals surface area contributed by atoms with Crippen molar-refractivity contribution in [1.82, 2.24) is 15.1 Å². The summed E-state index contributed by atoms with van der Waals surface area (Å²) in [7, 11) is 0. The van der Waals surface area contributed by atoms with Gasteiger partial charge in [0.2, 0.25) is 18.3 Å². The summed E-state index contributed by atoms with van der Waals surface area (Å²) in [6.45, 7) is 4.07. The van der Waals surface area contributed by atoms with Crippen LogP contribution in [-0.2, 0) is 19.1 Å². The van der Waals surface area contributed by atoms with E-state index < -0.39 is 23.8 Å².